The molecule has 2 N–H and O–H groups in total. The Morgan fingerprint density at radius 3 is 2.39 bits per heavy atom. The fourth-order valence-corrected chi connectivity index (χ4v) is 2.73. The van der Waals surface area contributed by atoms with Crippen molar-refractivity contribution in [1.29, 1.82) is 5.41 Å². The number of nitrogens with zero attached hydrogens (tertiary/aromatic N) is 1. The molecule has 1 unspecified atom stereocenters. The quantitative estimate of drug-likeness (QED) is 0.823. The van der Waals surface area contributed by atoms with Gasteiger partial charge in [0.05, 0.1) is 0 Å². The minimum absolute atomic E-state index is 0.119. The second-order valence-electron chi connectivity index (χ2n) is 5.31. The van der Waals surface area contributed by atoms with Crippen molar-refractivity contribution in [3.63, 3.8) is 0 Å². The zero-order valence-electron chi connectivity index (χ0n) is 10.7. The molecule has 94 valence electrons. The molecule has 4 nitrogen and oxygen atoms in total. The molecule has 1 saturated carbocycles. The van der Waals surface area contributed by atoms with Crippen LogP contribution in [0, 0.1) is 19.3 Å². The van der Waals surface area contributed by atoms with Gasteiger partial charge in [-0.05, 0) is 32.3 Å². The molecule has 1 atom stereocenters. The molecule has 1 aromatic carbocycles. The second kappa shape index (κ2) is 3.83. The van der Waals surface area contributed by atoms with Gasteiger partial charge in [-0.2, -0.15) is 0 Å². The van der Waals surface area contributed by atoms with E-state index in [0.29, 0.717) is 11.9 Å². The molecule has 1 heterocycles. The van der Waals surface area contributed by atoms with Crippen LogP contribution in [0.1, 0.15) is 35.6 Å². The number of urea groups is 1. The van der Waals surface area contributed by atoms with E-state index in [1.165, 1.54) is 11.1 Å². The summed E-state index contributed by atoms with van der Waals surface area (Å²) in [5.41, 5.74) is 3.39. The third kappa shape index (κ3) is 1.78. The summed E-state index contributed by atoms with van der Waals surface area (Å²) in [6.45, 7) is 4.09. The average molecular weight is 243 g/mol. The molecule has 2 aliphatic rings. The predicted molar refractivity (Wildman–Crippen MR) is 69.8 cm³/mol. The van der Waals surface area contributed by atoms with Gasteiger partial charge in [0.15, 0.2) is 0 Å². The molecule has 1 saturated heterocycles. The van der Waals surface area contributed by atoms with Gasteiger partial charge in [0.1, 0.15) is 11.9 Å². The Balaban J connectivity index is 2.02. The van der Waals surface area contributed by atoms with Crippen molar-refractivity contribution < 1.29 is 4.79 Å². The number of nitrogens with one attached hydrogen (secondary N) is 2. The van der Waals surface area contributed by atoms with Gasteiger partial charge in [-0.15, -0.1) is 0 Å². The van der Waals surface area contributed by atoms with Gasteiger partial charge >= 0.3 is 6.03 Å². The molecule has 0 radical (unpaired) electrons. The molecule has 2 fully saturated rings. The third-order valence-electron chi connectivity index (χ3n) is 3.53. The van der Waals surface area contributed by atoms with E-state index in [2.05, 4.69) is 23.5 Å². The van der Waals surface area contributed by atoms with Crippen molar-refractivity contribution in [3.8, 4) is 0 Å². The lowest BCUT2D eigenvalue weighted by molar-refractivity contribution is 0.202. The van der Waals surface area contributed by atoms with E-state index in [9.17, 15) is 4.79 Å². The molecule has 18 heavy (non-hydrogen) atoms. The van der Waals surface area contributed by atoms with Gasteiger partial charge in [-0.25, -0.2) is 4.79 Å². The molecular formula is C14H17N3O. The highest BCUT2D eigenvalue weighted by Gasteiger charge is 2.45. The van der Waals surface area contributed by atoms with Crippen molar-refractivity contribution in [2.75, 3.05) is 0 Å². The second-order valence-corrected chi connectivity index (χ2v) is 5.31. The zero-order chi connectivity index (χ0) is 12.9. The average Bonchev–Trinajstić information content (AvgIpc) is 3.03. The summed E-state index contributed by atoms with van der Waals surface area (Å²) >= 11 is 0. The van der Waals surface area contributed by atoms with Crippen LogP contribution in [0.2, 0.25) is 0 Å². The van der Waals surface area contributed by atoms with Gasteiger partial charge in [0.25, 0.3) is 0 Å². The highest BCUT2D eigenvalue weighted by molar-refractivity contribution is 6.06. The normalized spacial score (nSPS) is 23.4. The summed E-state index contributed by atoms with van der Waals surface area (Å²) in [7, 11) is 0. The third-order valence-corrected chi connectivity index (χ3v) is 3.53. The Kier molecular flexibility index (Phi) is 2.40. The molecule has 0 aromatic heterocycles. The van der Waals surface area contributed by atoms with E-state index in [1.54, 1.807) is 0 Å². The number of benzene rings is 1. The first-order chi connectivity index (χ1) is 8.56. The number of amides is 2. The van der Waals surface area contributed by atoms with Gasteiger partial charge in [0.2, 0.25) is 0 Å². The molecule has 2 amide bonds. The number of carbonyl (C=O) groups excluding carboxylic acids is 1. The van der Waals surface area contributed by atoms with Crippen LogP contribution in [0.15, 0.2) is 18.2 Å². The summed E-state index contributed by atoms with van der Waals surface area (Å²) in [5.74, 6) is 0.303. The van der Waals surface area contributed by atoms with Crippen LogP contribution in [0.4, 0.5) is 4.79 Å². The fourth-order valence-electron chi connectivity index (χ4n) is 2.73. The highest BCUT2D eigenvalue weighted by Crippen LogP contribution is 2.37. The van der Waals surface area contributed by atoms with Gasteiger partial charge in [-0.3, -0.25) is 10.7 Å². The Labute approximate surface area is 106 Å². The predicted octanol–water partition coefficient (Wildman–Crippen LogP) is 2.51. The van der Waals surface area contributed by atoms with Gasteiger partial charge in [0, 0.05) is 6.04 Å². The lowest BCUT2D eigenvalue weighted by atomic mass is 10.0. The number of carbonyl (C=O) groups is 1. The lowest BCUT2D eigenvalue weighted by Gasteiger charge is -2.23. The molecule has 4 heteroatoms. The van der Waals surface area contributed by atoms with Gasteiger partial charge < -0.3 is 4.90 Å². The first-order valence-corrected chi connectivity index (χ1v) is 6.32. The van der Waals surface area contributed by atoms with Crippen LogP contribution in [0.3, 0.4) is 0 Å². The summed E-state index contributed by atoms with van der Waals surface area (Å²) in [4.78, 5) is 13.7. The summed E-state index contributed by atoms with van der Waals surface area (Å²) in [6, 6.07) is 6.23. The van der Waals surface area contributed by atoms with E-state index in [4.69, 9.17) is 5.41 Å². The Bertz CT molecular complexity index is 514. The van der Waals surface area contributed by atoms with Crippen LogP contribution in [-0.4, -0.2) is 22.8 Å². The van der Waals surface area contributed by atoms with E-state index in [-0.39, 0.29) is 12.1 Å². The number of rotatable bonds is 2. The van der Waals surface area contributed by atoms with Crippen molar-refractivity contribution in [1.82, 2.24) is 10.2 Å². The smallest absolute Gasteiger partial charge is 0.307 e. The Morgan fingerprint density at radius 2 is 1.83 bits per heavy atom. The maximum absolute atomic E-state index is 11.9. The molecule has 1 aliphatic heterocycles. The zero-order valence-corrected chi connectivity index (χ0v) is 10.7. The number of amidine groups is 1. The molecule has 1 aromatic rings. The fraction of sp³-hybridized carbons (Fsp3) is 0.429. The van der Waals surface area contributed by atoms with Crippen molar-refractivity contribution in [2.24, 2.45) is 0 Å². The van der Waals surface area contributed by atoms with Crippen molar-refractivity contribution in [3.05, 3.63) is 34.9 Å². The Hall–Kier alpha value is -1.84. The van der Waals surface area contributed by atoms with E-state index in [0.717, 1.165) is 18.4 Å². The summed E-state index contributed by atoms with van der Waals surface area (Å²) in [6.07, 6.45) is 2.12. The monoisotopic (exact) mass is 243 g/mol. The van der Waals surface area contributed by atoms with Crippen LogP contribution < -0.4 is 5.32 Å². The molecule has 0 spiro atoms. The maximum Gasteiger partial charge on any atom is 0.323 e. The minimum atomic E-state index is -0.219. The molecule has 3 rings (SSSR count). The summed E-state index contributed by atoms with van der Waals surface area (Å²) < 4.78 is 0. The van der Waals surface area contributed by atoms with E-state index in [1.807, 2.05) is 18.7 Å². The lowest BCUT2D eigenvalue weighted by Crippen LogP contribution is -2.31. The Morgan fingerprint density at radius 1 is 1.22 bits per heavy atom. The van der Waals surface area contributed by atoms with E-state index >= 15 is 0 Å². The largest absolute Gasteiger partial charge is 0.323 e. The number of hydrogen-bond donors (Lipinski definition) is 2. The van der Waals surface area contributed by atoms with Crippen LogP contribution in [0.5, 0.6) is 0 Å². The summed E-state index contributed by atoms with van der Waals surface area (Å²) in [5, 5.41) is 10.6. The topological polar surface area (TPSA) is 56.2 Å². The van der Waals surface area contributed by atoms with Crippen LogP contribution in [0.25, 0.3) is 0 Å². The van der Waals surface area contributed by atoms with Crippen molar-refractivity contribution in [2.45, 2.75) is 38.8 Å². The standard InChI is InChI=1S/C14H17N3O/c1-8-5-9(2)7-10(6-8)12-13(15)16-14(18)17(12)11-3-4-11/h5-7,11-12H,3-4H2,1-2H3,(H2,15,16,18). The number of aryl methyl sites for hydroxylation is 2. The molecule has 0 bridgehead atoms. The van der Waals surface area contributed by atoms with Gasteiger partial charge in [-0.1, -0.05) is 29.3 Å². The van der Waals surface area contributed by atoms with Crippen molar-refractivity contribution >= 4 is 11.9 Å². The van der Waals surface area contributed by atoms with Crippen LogP contribution in [-0.2, 0) is 0 Å². The maximum atomic E-state index is 11.9. The number of hydrogen-bond acceptors (Lipinski definition) is 2. The molecule has 1 aliphatic carbocycles. The SMILES string of the molecule is Cc1cc(C)cc(C2C(=N)NC(=O)N2C2CC2)c1. The highest BCUT2D eigenvalue weighted by atomic mass is 16.2. The first kappa shape index (κ1) is 11.3. The first-order valence-electron chi connectivity index (χ1n) is 6.32. The van der Waals surface area contributed by atoms with E-state index < -0.39 is 0 Å². The molecular weight excluding hydrogens is 226 g/mol. The van der Waals surface area contributed by atoms with Crippen LogP contribution >= 0.6 is 0 Å². The minimum Gasteiger partial charge on any atom is -0.307 e.